The van der Waals surface area contributed by atoms with Gasteiger partial charge in [-0.3, -0.25) is 0 Å². The third kappa shape index (κ3) is 5.31. The van der Waals surface area contributed by atoms with E-state index in [1.807, 2.05) is 31.2 Å². The Kier molecular flexibility index (Phi) is 6.69. The maximum Gasteiger partial charge on any atom is 0.319 e. The average molecular weight is 334 g/mol. The van der Waals surface area contributed by atoms with E-state index in [-0.39, 0.29) is 12.2 Å². The molecule has 2 rings (SSSR count). The van der Waals surface area contributed by atoms with Crippen molar-refractivity contribution >= 4 is 11.7 Å². The van der Waals surface area contributed by atoms with Gasteiger partial charge in [-0.1, -0.05) is 31.2 Å². The van der Waals surface area contributed by atoms with E-state index in [9.17, 15) is 13.6 Å². The Labute approximate surface area is 139 Å². The van der Waals surface area contributed by atoms with Gasteiger partial charge in [-0.05, 0) is 29.7 Å². The van der Waals surface area contributed by atoms with Crippen LogP contribution < -0.4 is 10.6 Å². The van der Waals surface area contributed by atoms with Crippen molar-refractivity contribution in [1.82, 2.24) is 5.32 Å². The molecule has 6 heteroatoms. The summed E-state index contributed by atoms with van der Waals surface area (Å²) in [5, 5.41) is 4.93. The first-order valence-corrected chi connectivity index (χ1v) is 7.74. The van der Waals surface area contributed by atoms with Crippen LogP contribution in [0.3, 0.4) is 0 Å². The van der Waals surface area contributed by atoms with Gasteiger partial charge in [0.05, 0.1) is 12.3 Å². The van der Waals surface area contributed by atoms with E-state index in [1.54, 1.807) is 0 Å². The highest BCUT2D eigenvalue weighted by Crippen LogP contribution is 2.15. The average Bonchev–Trinajstić information content (AvgIpc) is 2.57. The molecule has 0 fully saturated rings. The summed E-state index contributed by atoms with van der Waals surface area (Å²) in [4.78, 5) is 11.9. The van der Waals surface area contributed by atoms with Crippen LogP contribution in [0, 0.1) is 11.6 Å². The lowest BCUT2D eigenvalue weighted by molar-refractivity contribution is 0.121. The van der Waals surface area contributed by atoms with Gasteiger partial charge < -0.3 is 15.4 Å². The lowest BCUT2D eigenvalue weighted by Crippen LogP contribution is -2.29. The number of hydrogen-bond acceptors (Lipinski definition) is 2. The number of halogens is 2. The Bertz CT molecular complexity index is 692. The molecule has 0 aliphatic carbocycles. The van der Waals surface area contributed by atoms with Gasteiger partial charge in [-0.15, -0.1) is 0 Å². The van der Waals surface area contributed by atoms with Crippen LogP contribution in [-0.2, 0) is 17.9 Å². The summed E-state index contributed by atoms with van der Waals surface area (Å²) in [6.45, 7) is 3.42. The number of hydrogen-bond donors (Lipinski definition) is 2. The molecule has 2 aromatic rings. The molecule has 0 aliphatic rings. The Hall–Kier alpha value is -2.47. The van der Waals surface area contributed by atoms with Crippen LogP contribution in [0.25, 0.3) is 0 Å². The summed E-state index contributed by atoms with van der Waals surface area (Å²) in [5.74, 6) is -1.31. The van der Waals surface area contributed by atoms with Gasteiger partial charge in [0, 0.05) is 19.2 Å². The largest absolute Gasteiger partial charge is 0.377 e. The monoisotopic (exact) mass is 334 g/mol. The molecular formula is C18H20F2N2O2. The number of anilines is 1. The lowest BCUT2D eigenvalue weighted by Gasteiger charge is -2.12. The first-order chi connectivity index (χ1) is 11.6. The van der Waals surface area contributed by atoms with Crippen LogP contribution in [-0.4, -0.2) is 12.6 Å². The summed E-state index contributed by atoms with van der Waals surface area (Å²) < 4.78 is 32.1. The second kappa shape index (κ2) is 8.98. The van der Waals surface area contributed by atoms with Gasteiger partial charge in [0.15, 0.2) is 0 Å². The van der Waals surface area contributed by atoms with E-state index in [0.29, 0.717) is 13.2 Å². The van der Waals surface area contributed by atoms with Crippen molar-refractivity contribution in [3.8, 4) is 0 Å². The first-order valence-electron chi connectivity index (χ1n) is 7.74. The van der Waals surface area contributed by atoms with Crippen molar-refractivity contribution in [3.63, 3.8) is 0 Å². The molecule has 0 unspecified atom stereocenters. The fourth-order valence-corrected chi connectivity index (χ4v) is 2.13. The highest BCUT2D eigenvalue weighted by atomic mass is 19.1. The standard InChI is InChI=1S/C18H20F2N2O2/c1-2-9-24-12-14-6-4-3-5-13(14)11-21-18(23)22-17-10-15(19)7-8-16(17)20/h3-8,10H,2,9,11-12H2,1H3,(H2,21,22,23). The van der Waals surface area contributed by atoms with Crippen molar-refractivity contribution < 1.29 is 18.3 Å². The fourth-order valence-electron chi connectivity index (χ4n) is 2.13. The van der Waals surface area contributed by atoms with Gasteiger partial charge in [0.25, 0.3) is 0 Å². The molecule has 24 heavy (non-hydrogen) atoms. The molecule has 0 aromatic heterocycles. The van der Waals surface area contributed by atoms with E-state index in [2.05, 4.69) is 10.6 Å². The number of ether oxygens (including phenoxy) is 1. The van der Waals surface area contributed by atoms with Gasteiger partial charge in [0.1, 0.15) is 11.6 Å². The molecule has 0 heterocycles. The molecule has 0 bridgehead atoms. The van der Waals surface area contributed by atoms with E-state index in [0.717, 1.165) is 35.7 Å². The summed E-state index contributed by atoms with van der Waals surface area (Å²) in [6, 6.07) is 9.85. The van der Waals surface area contributed by atoms with Crippen LogP contribution >= 0.6 is 0 Å². The minimum absolute atomic E-state index is 0.202. The van der Waals surface area contributed by atoms with E-state index >= 15 is 0 Å². The Morgan fingerprint density at radius 2 is 1.88 bits per heavy atom. The van der Waals surface area contributed by atoms with Crippen LogP contribution in [0.1, 0.15) is 24.5 Å². The zero-order chi connectivity index (χ0) is 17.4. The molecule has 0 spiro atoms. The minimum atomic E-state index is -0.695. The van der Waals surface area contributed by atoms with Gasteiger partial charge in [0.2, 0.25) is 0 Å². The van der Waals surface area contributed by atoms with Crippen LogP contribution in [0.4, 0.5) is 19.3 Å². The van der Waals surface area contributed by atoms with E-state index in [4.69, 9.17) is 4.74 Å². The van der Waals surface area contributed by atoms with E-state index in [1.165, 1.54) is 0 Å². The van der Waals surface area contributed by atoms with Crippen molar-refractivity contribution in [3.05, 3.63) is 65.2 Å². The molecule has 0 saturated carbocycles. The van der Waals surface area contributed by atoms with Crippen LogP contribution in [0.15, 0.2) is 42.5 Å². The third-order valence-electron chi connectivity index (χ3n) is 3.34. The number of carbonyl (C=O) groups is 1. The molecule has 4 nitrogen and oxygen atoms in total. The Morgan fingerprint density at radius 1 is 1.12 bits per heavy atom. The highest BCUT2D eigenvalue weighted by Gasteiger charge is 2.09. The Morgan fingerprint density at radius 3 is 2.62 bits per heavy atom. The zero-order valence-corrected chi connectivity index (χ0v) is 13.4. The predicted octanol–water partition coefficient (Wildman–Crippen LogP) is 4.21. The fraction of sp³-hybridized carbons (Fsp3) is 0.278. The van der Waals surface area contributed by atoms with Gasteiger partial charge in [-0.25, -0.2) is 13.6 Å². The Balaban J connectivity index is 1.93. The number of benzene rings is 2. The molecule has 0 atom stereocenters. The minimum Gasteiger partial charge on any atom is -0.377 e. The van der Waals surface area contributed by atoms with Gasteiger partial charge in [-0.2, -0.15) is 0 Å². The quantitative estimate of drug-likeness (QED) is 0.745. The highest BCUT2D eigenvalue weighted by molar-refractivity contribution is 5.89. The third-order valence-corrected chi connectivity index (χ3v) is 3.34. The smallest absolute Gasteiger partial charge is 0.319 e. The second-order valence-electron chi connectivity index (χ2n) is 5.25. The number of carbonyl (C=O) groups excluding carboxylic acids is 1. The molecule has 2 N–H and O–H groups in total. The zero-order valence-electron chi connectivity index (χ0n) is 13.4. The normalized spacial score (nSPS) is 10.5. The SMILES string of the molecule is CCCOCc1ccccc1CNC(=O)Nc1cc(F)ccc1F. The second-order valence-corrected chi connectivity index (χ2v) is 5.25. The molecule has 128 valence electrons. The molecule has 2 aromatic carbocycles. The molecule has 2 amide bonds. The molecule has 0 aliphatic heterocycles. The maximum atomic E-state index is 13.5. The molecule has 0 saturated heterocycles. The van der Waals surface area contributed by atoms with Crippen LogP contribution in [0.2, 0.25) is 0 Å². The summed E-state index contributed by atoms with van der Waals surface area (Å²) in [6.07, 6.45) is 0.933. The number of nitrogens with one attached hydrogen (secondary N) is 2. The lowest BCUT2D eigenvalue weighted by atomic mass is 10.1. The maximum absolute atomic E-state index is 13.5. The van der Waals surface area contributed by atoms with Crippen molar-refractivity contribution in [2.24, 2.45) is 0 Å². The summed E-state index contributed by atoms with van der Waals surface area (Å²) in [5.41, 5.74) is 1.68. The molecule has 0 radical (unpaired) electrons. The number of rotatable bonds is 7. The molecular weight excluding hydrogens is 314 g/mol. The summed E-state index contributed by atoms with van der Waals surface area (Å²) in [7, 11) is 0. The number of urea groups is 1. The van der Waals surface area contributed by atoms with Crippen molar-refractivity contribution in [1.29, 1.82) is 0 Å². The summed E-state index contributed by atoms with van der Waals surface area (Å²) >= 11 is 0. The topological polar surface area (TPSA) is 50.4 Å². The van der Waals surface area contributed by atoms with E-state index < -0.39 is 17.7 Å². The van der Waals surface area contributed by atoms with Gasteiger partial charge >= 0.3 is 6.03 Å². The number of amides is 2. The van der Waals surface area contributed by atoms with Crippen molar-refractivity contribution in [2.75, 3.05) is 11.9 Å². The predicted molar refractivity (Wildman–Crippen MR) is 88.6 cm³/mol. The first kappa shape index (κ1) is 17.9. The van der Waals surface area contributed by atoms with Crippen molar-refractivity contribution in [2.45, 2.75) is 26.5 Å². The van der Waals surface area contributed by atoms with Crippen LogP contribution in [0.5, 0.6) is 0 Å².